The molecule has 0 aliphatic carbocycles. The molecule has 0 saturated carbocycles. The highest BCUT2D eigenvalue weighted by Gasteiger charge is 2.21. The Labute approximate surface area is 152 Å². The number of aromatic nitrogens is 3. The van der Waals surface area contributed by atoms with E-state index in [2.05, 4.69) is 55.5 Å². The van der Waals surface area contributed by atoms with Crippen LogP contribution < -0.4 is 5.32 Å². The van der Waals surface area contributed by atoms with E-state index in [1.54, 1.807) is 6.20 Å². The third-order valence-electron chi connectivity index (χ3n) is 4.39. The Morgan fingerprint density at radius 2 is 1.92 bits per heavy atom. The van der Waals surface area contributed by atoms with Crippen LogP contribution in [0.5, 0.6) is 0 Å². The average Bonchev–Trinajstić information content (AvgIpc) is 2.71. The molecule has 1 saturated heterocycles. The van der Waals surface area contributed by atoms with Gasteiger partial charge < -0.3 is 10.1 Å². The molecule has 6 nitrogen and oxygen atoms in total. The Kier molecular flexibility index (Phi) is 5.14. The Balaban J connectivity index is 1.36. The Bertz CT molecular complexity index is 811. The van der Waals surface area contributed by atoms with Crippen molar-refractivity contribution < 1.29 is 4.74 Å². The monoisotopic (exact) mass is 347 g/mol. The summed E-state index contributed by atoms with van der Waals surface area (Å²) in [6.07, 6.45) is 5.26. The number of anilines is 2. The third-order valence-corrected chi connectivity index (χ3v) is 4.39. The molecule has 0 unspecified atom stereocenters. The van der Waals surface area contributed by atoms with Gasteiger partial charge >= 0.3 is 0 Å². The zero-order valence-corrected chi connectivity index (χ0v) is 14.5. The number of rotatable bonds is 5. The fourth-order valence-electron chi connectivity index (χ4n) is 3.06. The average molecular weight is 347 g/mol. The molecular weight excluding hydrogens is 326 g/mol. The molecule has 0 bridgehead atoms. The minimum Gasteiger partial charge on any atom is -0.371 e. The van der Waals surface area contributed by atoms with Crippen LogP contribution in [0.1, 0.15) is 17.2 Å². The van der Waals surface area contributed by atoms with Crippen molar-refractivity contribution in [2.75, 3.05) is 25.0 Å². The number of hydrogen-bond acceptors (Lipinski definition) is 6. The molecule has 0 amide bonds. The maximum Gasteiger partial charge on any atom is 0.134 e. The van der Waals surface area contributed by atoms with Gasteiger partial charge in [-0.05, 0) is 23.3 Å². The lowest BCUT2D eigenvalue weighted by Crippen LogP contribution is -2.37. The van der Waals surface area contributed by atoms with E-state index in [-0.39, 0.29) is 6.10 Å². The highest BCUT2D eigenvalue weighted by Crippen LogP contribution is 2.23. The fourth-order valence-corrected chi connectivity index (χ4v) is 3.06. The zero-order valence-electron chi connectivity index (χ0n) is 14.5. The summed E-state index contributed by atoms with van der Waals surface area (Å²) >= 11 is 0. The second-order valence-corrected chi connectivity index (χ2v) is 6.28. The SMILES string of the molecule is c1ccc([C@H]2CN(Cc3ccc(Nc4ccncn4)nc3)CCO2)cc1. The molecule has 26 heavy (non-hydrogen) atoms. The molecule has 2 aromatic heterocycles. The van der Waals surface area contributed by atoms with Crippen LogP contribution >= 0.6 is 0 Å². The molecule has 132 valence electrons. The summed E-state index contributed by atoms with van der Waals surface area (Å²) in [5, 5.41) is 3.17. The molecule has 0 spiro atoms. The van der Waals surface area contributed by atoms with Crippen molar-refractivity contribution in [1.29, 1.82) is 0 Å². The van der Waals surface area contributed by atoms with Gasteiger partial charge in [-0.25, -0.2) is 15.0 Å². The van der Waals surface area contributed by atoms with E-state index >= 15 is 0 Å². The first-order valence-electron chi connectivity index (χ1n) is 8.74. The summed E-state index contributed by atoms with van der Waals surface area (Å²) < 4.78 is 5.94. The molecule has 3 aromatic rings. The van der Waals surface area contributed by atoms with Gasteiger partial charge in [-0.2, -0.15) is 0 Å². The second-order valence-electron chi connectivity index (χ2n) is 6.28. The summed E-state index contributed by atoms with van der Waals surface area (Å²) in [4.78, 5) is 14.9. The number of ether oxygens (including phenoxy) is 1. The van der Waals surface area contributed by atoms with E-state index in [0.29, 0.717) is 0 Å². The van der Waals surface area contributed by atoms with E-state index in [1.807, 2.05) is 24.4 Å². The minimum absolute atomic E-state index is 0.136. The van der Waals surface area contributed by atoms with Crippen molar-refractivity contribution >= 4 is 11.6 Å². The van der Waals surface area contributed by atoms with E-state index in [0.717, 1.165) is 37.9 Å². The summed E-state index contributed by atoms with van der Waals surface area (Å²) in [6.45, 7) is 3.45. The molecule has 3 heterocycles. The molecule has 1 N–H and O–H groups in total. The van der Waals surface area contributed by atoms with Gasteiger partial charge in [-0.3, -0.25) is 4.90 Å². The minimum atomic E-state index is 0.136. The van der Waals surface area contributed by atoms with Crippen LogP contribution in [0.25, 0.3) is 0 Å². The van der Waals surface area contributed by atoms with Crippen molar-refractivity contribution in [3.05, 3.63) is 78.4 Å². The number of pyridine rings is 1. The number of nitrogens with one attached hydrogen (secondary N) is 1. The number of benzene rings is 1. The Morgan fingerprint density at radius 3 is 2.69 bits per heavy atom. The quantitative estimate of drug-likeness (QED) is 0.765. The number of nitrogens with zero attached hydrogens (tertiary/aromatic N) is 4. The van der Waals surface area contributed by atoms with Crippen LogP contribution in [0, 0.1) is 0 Å². The van der Waals surface area contributed by atoms with E-state index in [1.165, 1.54) is 17.5 Å². The predicted octanol–water partition coefficient (Wildman–Crippen LogP) is 3.19. The second kappa shape index (κ2) is 8.03. The van der Waals surface area contributed by atoms with Gasteiger partial charge in [0.2, 0.25) is 0 Å². The van der Waals surface area contributed by atoms with Crippen molar-refractivity contribution in [1.82, 2.24) is 19.9 Å². The largest absolute Gasteiger partial charge is 0.371 e. The first kappa shape index (κ1) is 16.6. The number of morpholine rings is 1. The highest BCUT2D eigenvalue weighted by atomic mass is 16.5. The topological polar surface area (TPSA) is 63.2 Å². The van der Waals surface area contributed by atoms with E-state index in [9.17, 15) is 0 Å². The van der Waals surface area contributed by atoms with Crippen LogP contribution in [0.15, 0.2) is 67.3 Å². The van der Waals surface area contributed by atoms with Gasteiger partial charge in [0.15, 0.2) is 0 Å². The van der Waals surface area contributed by atoms with Crippen molar-refractivity contribution in [2.45, 2.75) is 12.6 Å². The maximum absolute atomic E-state index is 5.94. The molecular formula is C20H21N5O. The smallest absolute Gasteiger partial charge is 0.134 e. The van der Waals surface area contributed by atoms with Gasteiger partial charge in [-0.15, -0.1) is 0 Å². The molecule has 6 heteroatoms. The van der Waals surface area contributed by atoms with Crippen LogP contribution in [0.4, 0.5) is 11.6 Å². The van der Waals surface area contributed by atoms with Crippen LogP contribution in [-0.2, 0) is 11.3 Å². The molecule has 1 aliphatic rings. The summed E-state index contributed by atoms with van der Waals surface area (Å²) in [7, 11) is 0. The lowest BCUT2D eigenvalue weighted by Gasteiger charge is -2.33. The van der Waals surface area contributed by atoms with Crippen molar-refractivity contribution in [3.63, 3.8) is 0 Å². The molecule has 4 rings (SSSR count). The first-order valence-corrected chi connectivity index (χ1v) is 8.74. The van der Waals surface area contributed by atoms with Crippen LogP contribution in [-0.4, -0.2) is 39.5 Å². The van der Waals surface area contributed by atoms with E-state index < -0.39 is 0 Å². The lowest BCUT2D eigenvalue weighted by atomic mass is 10.1. The first-order chi connectivity index (χ1) is 12.9. The van der Waals surface area contributed by atoms with E-state index in [4.69, 9.17) is 4.74 Å². The van der Waals surface area contributed by atoms with Gasteiger partial charge in [0.1, 0.15) is 18.0 Å². The molecule has 1 aromatic carbocycles. The Hall–Kier alpha value is -2.83. The Morgan fingerprint density at radius 1 is 1.04 bits per heavy atom. The molecule has 1 atom stereocenters. The van der Waals surface area contributed by atoms with Gasteiger partial charge in [0.05, 0.1) is 12.7 Å². The summed E-state index contributed by atoms with van der Waals surface area (Å²) in [5.74, 6) is 1.51. The molecule has 0 radical (unpaired) electrons. The maximum atomic E-state index is 5.94. The zero-order chi connectivity index (χ0) is 17.6. The van der Waals surface area contributed by atoms with Gasteiger partial charge in [0, 0.05) is 32.0 Å². The van der Waals surface area contributed by atoms with Crippen LogP contribution in [0.3, 0.4) is 0 Å². The van der Waals surface area contributed by atoms with Gasteiger partial charge in [-0.1, -0.05) is 36.4 Å². The lowest BCUT2D eigenvalue weighted by molar-refractivity contribution is -0.0329. The predicted molar refractivity (Wildman–Crippen MR) is 100.0 cm³/mol. The number of hydrogen-bond donors (Lipinski definition) is 1. The summed E-state index contributed by atoms with van der Waals surface area (Å²) in [5.41, 5.74) is 2.42. The molecule has 1 fully saturated rings. The van der Waals surface area contributed by atoms with Crippen LogP contribution in [0.2, 0.25) is 0 Å². The van der Waals surface area contributed by atoms with Crippen molar-refractivity contribution in [3.8, 4) is 0 Å². The molecule has 1 aliphatic heterocycles. The normalized spacial score (nSPS) is 17.8. The summed E-state index contributed by atoms with van der Waals surface area (Å²) in [6, 6.07) is 16.3. The third kappa shape index (κ3) is 4.22. The standard InChI is InChI=1S/C20H21N5O/c1-2-4-17(5-3-1)18-14-25(10-11-26-18)13-16-6-7-19(22-12-16)24-20-8-9-21-15-23-20/h1-9,12,15,18H,10-11,13-14H2,(H,21,22,23,24)/t18-/m1/s1. The highest BCUT2D eigenvalue weighted by molar-refractivity contribution is 5.50. The van der Waals surface area contributed by atoms with Gasteiger partial charge in [0.25, 0.3) is 0 Å². The van der Waals surface area contributed by atoms with Crippen molar-refractivity contribution in [2.24, 2.45) is 0 Å². The fraction of sp³-hybridized carbons (Fsp3) is 0.250.